The maximum Gasteiger partial charge on any atom is 0.250 e. The molecule has 2 heterocycles. The Morgan fingerprint density at radius 1 is 1.70 bits per heavy atom. The van der Waals surface area contributed by atoms with E-state index in [1.807, 2.05) is 0 Å². The van der Waals surface area contributed by atoms with Crippen LogP contribution in [-0.4, -0.2) is 9.79 Å². The number of aromatic nitrogens is 2. The molecule has 2 aromatic heterocycles. The van der Waals surface area contributed by atoms with E-state index in [4.69, 9.17) is 9.93 Å². The first-order valence-corrected chi connectivity index (χ1v) is 2.79. The van der Waals surface area contributed by atoms with Gasteiger partial charge in [0.05, 0.1) is 11.4 Å². The summed E-state index contributed by atoms with van der Waals surface area (Å²) in [7, 11) is 0. The van der Waals surface area contributed by atoms with Gasteiger partial charge in [0.25, 0.3) is 0 Å². The third-order valence-corrected chi connectivity index (χ3v) is 1.37. The van der Waals surface area contributed by atoms with Crippen molar-refractivity contribution in [3.63, 3.8) is 0 Å². The predicted molar refractivity (Wildman–Crippen MR) is 34.1 cm³/mol. The molecular weight excluding hydrogens is 130 g/mol. The lowest BCUT2D eigenvalue weighted by atomic mass is 10.4. The second-order valence-electron chi connectivity index (χ2n) is 1.99. The van der Waals surface area contributed by atoms with Crippen LogP contribution in [0.2, 0.25) is 0 Å². The molecular formula is C6H5N3O. The molecule has 0 fully saturated rings. The summed E-state index contributed by atoms with van der Waals surface area (Å²) in [6, 6.07) is 1.75. The highest BCUT2D eigenvalue weighted by atomic mass is 16.5. The molecule has 50 valence electrons. The summed E-state index contributed by atoms with van der Waals surface area (Å²) in [5.41, 5.74) is 0.827. The fraction of sp³-hybridized carbons (Fsp3) is 0. The van der Waals surface area contributed by atoms with E-state index in [2.05, 4.69) is 11.7 Å². The van der Waals surface area contributed by atoms with Gasteiger partial charge in [0.15, 0.2) is 0 Å². The van der Waals surface area contributed by atoms with Crippen LogP contribution in [0.15, 0.2) is 16.8 Å². The Morgan fingerprint density at radius 2 is 2.50 bits per heavy atom. The van der Waals surface area contributed by atoms with Crippen molar-refractivity contribution in [3.05, 3.63) is 23.0 Å². The van der Waals surface area contributed by atoms with E-state index in [1.165, 1.54) is 4.69 Å². The monoisotopic (exact) mass is 135 g/mol. The number of nitrogens with zero attached hydrogens (tertiary/aromatic N) is 2. The molecule has 1 N–H and O–H groups in total. The lowest BCUT2D eigenvalue weighted by molar-refractivity contribution is 0.303. The molecule has 0 aliphatic heterocycles. The third kappa shape index (κ3) is 0.452. The molecule has 4 heteroatoms. The molecule has 0 amide bonds. The van der Waals surface area contributed by atoms with E-state index in [9.17, 15) is 0 Å². The van der Waals surface area contributed by atoms with Gasteiger partial charge in [-0.3, -0.25) is 5.41 Å². The first-order chi connectivity index (χ1) is 4.79. The molecule has 0 saturated carbocycles. The van der Waals surface area contributed by atoms with Gasteiger partial charge < -0.3 is 4.52 Å². The number of rotatable bonds is 0. The van der Waals surface area contributed by atoms with Gasteiger partial charge in [-0.05, 0) is 6.07 Å². The lowest BCUT2D eigenvalue weighted by Gasteiger charge is -1.72. The average Bonchev–Trinajstić information content (AvgIpc) is 2.41. The molecule has 2 aromatic rings. The van der Waals surface area contributed by atoms with Crippen molar-refractivity contribution in [1.29, 1.82) is 5.41 Å². The molecule has 0 aromatic carbocycles. The Hall–Kier alpha value is -1.58. The first kappa shape index (κ1) is 5.22. The molecule has 10 heavy (non-hydrogen) atoms. The summed E-state index contributed by atoms with van der Waals surface area (Å²) in [5.74, 6) is 0. The number of hydrogen-bond acceptors (Lipinski definition) is 3. The highest BCUT2D eigenvalue weighted by Gasteiger charge is 1.98. The van der Waals surface area contributed by atoms with E-state index in [0.29, 0.717) is 5.22 Å². The Kier molecular flexibility index (Phi) is 0.768. The van der Waals surface area contributed by atoms with Crippen LogP contribution in [-0.2, 0) is 0 Å². The molecule has 0 bridgehead atoms. The topological polar surface area (TPSA) is 54.3 Å². The summed E-state index contributed by atoms with van der Waals surface area (Å²) < 4.78 is 6.13. The molecule has 0 atom stereocenters. The van der Waals surface area contributed by atoms with Crippen molar-refractivity contribution in [2.75, 3.05) is 0 Å². The largest absolute Gasteiger partial charge is 0.337 e. The highest BCUT2D eigenvalue weighted by Crippen LogP contribution is 1.89. The van der Waals surface area contributed by atoms with Crippen LogP contribution in [0.3, 0.4) is 0 Å². The molecule has 0 aliphatic rings. The van der Waals surface area contributed by atoms with Crippen molar-refractivity contribution in [3.8, 4) is 0 Å². The zero-order chi connectivity index (χ0) is 7.14. The van der Waals surface area contributed by atoms with Gasteiger partial charge in [0, 0.05) is 0 Å². The second-order valence-corrected chi connectivity index (χ2v) is 1.99. The van der Waals surface area contributed by atoms with Crippen molar-refractivity contribution >= 4 is 12.1 Å². The fourth-order valence-electron chi connectivity index (χ4n) is 0.837. The number of nitrogens with one attached hydrogen (secondary N) is 1. The summed E-state index contributed by atoms with van der Waals surface area (Å²) in [4.78, 5) is 0. The normalized spacial score (nSPS) is 10.8. The zero-order valence-electron chi connectivity index (χ0n) is 5.16. The van der Waals surface area contributed by atoms with Gasteiger partial charge in [-0.15, -0.1) is 5.10 Å². The Balaban J connectivity index is 3.24. The van der Waals surface area contributed by atoms with Crippen LogP contribution in [0.5, 0.6) is 0 Å². The first-order valence-electron chi connectivity index (χ1n) is 2.79. The highest BCUT2D eigenvalue weighted by molar-refractivity contribution is 5.45. The average molecular weight is 135 g/mol. The van der Waals surface area contributed by atoms with Crippen molar-refractivity contribution in [1.82, 2.24) is 9.79 Å². The van der Waals surface area contributed by atoms with Crippen LogP contribution >= 0.6 is 0 Å². The van der Waals surface area contributed by atoms with E-state index >= 15 is 0 Å². The zero-order valence-corrected chi connectivity index (χ0v) is 5.16. The number of fused-ring (bicyclic) bond motifs is 1. The minimum atomic E-state index is 0.0723. The van der Waals surface area contributed by atoms with Crippen molar-refractivity contribution in [2.45, 2.75) is 0 Å². The summed E-state index contributed by atoms with van der Waals surface area (Å²) in [6.07, 6.45) is 1.60. The fourth-order valence-corrected chi connectivity index (χ4v) is 0.837. The predicted octanol–water partition coefficient (Wildman–Crippen LogP) is -0.464. The van der Waals surface area contributed by atoms with E-state index in [1.54, 1.807) is 12.3 Å². The lowest BCUT2D eigenvalue weighted by Crippen LogP contribution is -2.15. The van der Waals surface area contributed by atoms with Crippen LogP contribution in [0.25, 0.3) is 12.1 Å². The van der Waals surface area contributed by atoms with Gasteiger partial charge in [-0.25, -0.2) is 0 Å². The molecule has 0 saturated heterocycles. The Bertz CT molecular complexity index is 453. The summed E-state index contributed by atoms with van der Waals surface area (Å²) in [5, 5.41) is 11.5. The molecule has 4 nitrogen and oxygen atoms in total. The van der Waals surface area contributed by atoms with Crippen LogP contribution in [0.4, 0.5) is 0 Å². The molecule has 0 unspecified atom stereocenters. The third-order valence-electron chi connectivity index (χ3n) is 1.37. The SMILES string of the molecule is C=c1c(=N)on2nccc12. The Labute approximate surface area is 55.8 Å². The smallest absolute Gasteiger partial charge is 0.250 e. The maximum atomic E-state index is 7.17. The molecule has 0 radical (unpaired) electrons. The van der Waals surface area contributed by atoms with E-state index < -0.39 is 0 Å². The van der Waals surface area contributed by atoms with Gasteiger partial charge in [0.1, 0.15) is 5.52 Å². The quantitative estimate of drug-likeness (QED) is 0.531. The second kappa shape index (κ2) is 1.47. The number of hydrogen-bond donors (Lipinski definition) is 1. The van der Waals surface area contributed by atoms with Gasteiger partial charge in [-0.1, -0.05) is 11.3 Å². The minimum Gasteiger partial charge on any atom is -0.337 e. The van der Waals surface area contributed by atoms with Gasteiger partial charge >= 0.3 is 0 Å². The van der Waals surface area contributed by atoms with Crippen molar-refractivity contribution < 1.29 is 4.52 Å². The van der Waals surface area contributed by atoms with Gasteiger partial charge in [0.2, 0.25) is 5.55 Å². The molecule has 2 rings (SSSR count). The molecule has 0 aliphatic carbocycles. The minimum absolute atomic E-state index is 0.0723. The standard InChI is InChI=1S/C6H5N3O/c1-4-5-2-3-8-9(5)10-6(4)7/h2-3,7H,1H2. The summed E-state index contributed by atoms with van der Waals surface area (Å²) >= 11 is 0. The van der Waals surface area contributed by atoms with Crippen LogP contribution in [0, 0.1) is 5.41 Å². The van der Waals surface area contributed by atoms with Crippen molar-refractivity contribution in [2.24, 2.45) is 0 Å². The van der Waals surface area contributed by atoms with E-state index in [0.717, 1.165) is 5.52 Å². The van der Waals surface area contributed by atoms with Gasteiger partial charge in [-0.2, -0.15) is 0 Å². The maximum absolute atomic E-state index is 7.17. The van der Waals surface area contributed by atoms with Crippen LogP contribution in [0.1, 0.15) is 0 Å². The molecule has 0 spiro atoms. The Morgan fingerprint density at radius 3 is 3.20 bits per heavy atom. The van der Waals surface area contributed by atoms with Crippen LogP contribution < -0.4 is 10.8 Å². The summed E-state index contributed by atoms with van der Waals surface area (Å²) in [6.45, 7) is 3.64. The van der Waals surface area contributed by atoms with E-state index in [-0.39, 0.29) is 5.55 Å².